The normalized spacial score (nSPS) is 14.4. The molecule has 3 aromatic rings. The highest BCUT2D eigenvalue weighted by atomic mass is 16.5. The molecule has 1 aliphatic rings. The van der Waals surface area contributed by atoms with Gasteiger partial charge in [0, 0.05) is 12.0 Å². The summed E-state index contributed by atoms with van der Waals surface area (Å²) < 4.78 is 12.1. The molecule has 1 fully saturated rings. The third-order valence-electron chi connectivity index (χ3n) is 4.73. The van der Waals surface area contributed by atoms with Crippen molar-refractivity contribution in [1.29, 1.82) is 0 Å². The monoisotopic (exact) mass is 394 g/mol. The van der Waals surface area contributed by atoms with Crippen LogP contribution in [-0.2, 0) is 9.53 Å². The Hall–Kier alpha value is -3.42. The lowest BCUT2D eigenvalue weighted by Gasteiger charge is -2.15. The molecule has 1 atom stereocenters. The van der Waals surface area contributed by atoms with Crippen molar-refractivity contribution in [3.8, 4) is 5.69 Å². The van der Waals surface area contributed by atoms with Gasteiger partial charge in [-0.05, 0) is 44.4 Å². The highest BCUT2D eigenvalue weighted by Crippen LogP contribution is 2.39. The minimum atomic E-state index is -0.956. The summed E-state index contributed by atoms with van der Waals surface area (Å²) in [7, 11) is 0. The lowest BCUT2D eigenvalue weighted by atomic mass is 10.2. The maximum absolute atomic E-state index is 12.9. The van der Waals surface area contributed by atoms with Crippen molar-refractivity contribution in [3.05, 3.63) is 59.6 Å². The van der Waals surface area contributed by atoms with E-state index in [1.807, 2.05) is 30.3 Å². The van der Waals surface area contributed by atoms with Gasteiger partial charge in [0.25, 0.3) is 5.91 Å². The second-order valence-electron chi connectivity index (χ2n) is 7.09. The van der Waals surface area contributed by atoms with Crippen LogP contribution in [-0.4, -0.2) is 32.9 Å². The van der Waals surface area contributed by atoms with Crippen LogP contribution in [0.2, 0.25) is 0 Å². The van der Waals surface area contributed by atoms with Crippen LogP contribution in [0.25, 0.3) is 5.69 Å². The van der Waals surface area contributed by atoms with Crippen LogP contribution >= 0.6 is 0 Å². The highest BCUT2D eigenvalue weighted by molar-refractivity contribution is 5.96. The van der Waals surface area contributed by atoms with Gasteiger partial charge in [0.05, 0.1) is 11.4 Å². The van der Waals surface area contributed by atoms with E-state index in [4.69, 9.17) is 9.26 Å². The van der Waals surface area contributed by atoms with Gasteiger partial charge in [-0.25, -0.2) is 9.48 Å². The molecule has 0 aliphatic heterocycles. The molecular formula is C21H22N4O4. The Labute approximate surface area is 167 Å². The van der Waals surface area contributed by atoms with Crippen molar-refractivity contribution < 1.29 is 18.8 Å². The van der Waals surface area contributed by atoms with Crippen molar-refractivity contribution in [1.82, 2.24) is 14.9 Å². The molecule has 0 spiro atoms. The number of nitrogens with zero attached hydrogens (tertiary/aromatic N) is 3. The standard InChI is InChI=1S/C21H22N4O4/c1-3-18(20(26)22-19-11-13(2)29-24-19)28-21(27)17-12-16(14-9-10-14)23-25(17)15-7-5-4-6-8-15/h4-8,11-12,14,18H,3,9-10H2,1-2H3,(H,22,24,26)/t18-/m0/s1. The predicted molar refractivity (Wildman–Crippen MR) is 105 cm³/mol. The Kier molecular flexibility index (Phi) is 5.16. The van der Waals surface area contributed by atoms with E-state index in [9.17, 15) is 9.59 Å². The fourth-order valence-corrected chi connectivity index (χ4v) is 3.03. The zero-order valence-corrected chi connectivity index (χ0v) is 16.3. The molecule has 1 amide bonds. The number of ether oxygens (including phenoxy) is 1. The van der Waals surface area contributed by atoms with Gasteiger partial charge in [-0.1, -0.05) is 30.3 Å². The van der Waals surface area contributed by atoms with Gasteiger partial charge in [0.2, 0.25) is 0 Å². The number of carbonyl (C=O) groups is 2. The number of carbonyl (C=O) groups excluding carboxylic acids is 2. The van der Waals surface area contributed by atoms with Crippen LogP contribution in [0, 0.1) is 6.92 Å². The summed E-state index contributed by atoms with van der Waals surface area (Å²) >= 11 is 0. The molecule has 0 radical (unpaired) electrons. The fraction of sp³-hybridized carbons (Fsp3) is 0.333. The topological polar surface area (TPSA) is 99.2 Å². The molecule has 8 nitrogen and oxygen atoms in total. The zero-order valence-electron chi connectivity index (χ0n) is 16.3. The summed E-state index contributed by atoms with van der Waals surface area (Å²) in [5.74, 6) is 0.193. The number of amides is 1. The molecular weight excluding hydrogens is 372 g/mol. The number of aryl methyl sites for hydroxylation is 1. The third kappa shape index (κ3) is 4.21. The van der Waals surface area contributed by atoms with E-state index in [0.717, 1.165) is 24.2 Å². The van der Waals surface area contributed by atoms with Crippen molar-refractivity contribution in [2.24, 2.45) is 0 Å². The summed E-state index contributed by atoms with van der Waals surface area (Å²) in [4.78, 5) is 25.4. The molecule has 0 unspecified atom stereocenters. The molecule has 0 bridgehead atoms. The van der Waals surface area contributed by atoms with Crippen LogP contribution in [0.5, 0.6) is 0 Å². The molecule has 1 aliphatic carbocycles. The van der Waals surface area contributed by atoms with E-state index in [2.05, 4.69) is 15.6 Å². The molecule has 1 aromatic carbocycles. The minimum absolute atomic E-state index is 0.285. The van der Waals surface area contributed by atoms with Gasteiger partial charge in [-0.3, -0.25) is 4.79 Å². The van der Waals surface area contributed by atoms with E-state index in [1.54, 1.807) is 30.7 Å². The molecule has 2 heterocycles. The molecule has 1 N–H and O–H groups in total. The Morgan fingerprint density at radius 3 is 2.66 bits per heavy atom. The van der Waals surface area contributed by atoms with E-state index in [-0.39, 0.29) is 5.82 Å². The number of rotatable bonds is 7. The number of nitrogens with one attached hydrogen (secondary N) is 1. The van der Waals surface area contributed by atoms with Gasteiger partial charge in [0.15, 0.2) is 17.6 Å². The molecule has 2 aromatic heterocycles. The van der Waals surface area contributed by atoms with Crippen LogP contribution in [0.3, 0.4) is 0 Å². The number of anilines is 1. The summed E-state index contributed by atoms with van der Waals surface area (Å²) in [6, 6.07) is 12.8. The number of hydrogen-bond acceptors (Lipinski definition) is 6. The van der Waals surface area contributed by atoms with Crippen LogP contribution < -0.4 is 5.32 Å². The SMILES string of the molecule is CC[C@H](OC(=O)c1cc(C2CC2)nn1-c1ccccc1)C(=O)Nc1cc(C)on1. The number of aromatic nitrogens is 3. The number of esters is 1. The smallest absolute Gasteiger partial charge is 0.357 e. The van der Waals surface area contributed by atoms with E-state index < -0.39 is 18.0 Å². The first-order chi connectivity index (χ1) is 14.0. The Bertz CT molecular complexity index is 1020. The van der Waals surface area contributed by atoms with Gasteiger partial charge < -0.3 is 14.6 Å². The second-order valence-corrected chi connectivity index (χ2v) is 7.09. The first-order valence-corrected chi connectivity index (χ1v) is 9.65. The maximum Gasteiger partial charge on any atom is 0.357 e. The average Bonchev–Trinajstić information content (AvgIpc) is 3.35. The van der Waals surface area contributed by atoms with E-state index >= 15 is 0 Å². The van der Waals surface area contributed by atoms with Crippen molar-refractivity contribution in [3.63, 3.8) is 0 Å². The quantitative estimate of drug-likeness (QED) is 0.615. The number of para-hydroxylation sites is 1. The van der Waals surface area contributed by atoms with Gasteiger partial charge in [-0.15, -0.1) is 0 Å². The van der Waals surface area contributed by atoms with Gasteiger partial charge >= 0.3 is 5.97 Å². The van der Waals surface area contributed by atoms with Crippen molar-refractivity contribution in [2.45, 2.75) is 45.1 Å². The lowest BCUT2D eigenvalue weighted by Crippen LogP contribution is -2.32. The van der Waals surface area contributed by atoms with Crippen molar-refractivity contribution in [2.75, 3.05) is 5.32 Å². The first kappa shape index (κ1) is 18.9. The van der Waals surface area contributed by atoms with E-state index in [0.29, 0.717) is 23.8 Å². The second kappa shape index (κ2) is 7.90. The predicted octanol–water partition coefficient (Wildman–Crippen LogP) is 3.62. The van der Waals surface area contributed by atoms with Gasteiger partial charge in [0.1, 0.15) is 5.76 Å². The maximum atomic E-state index is 12.9. The number of benzene rings is 1. The summed E-state index contributed by atoms with van der Waals surface area (Å²) in [5.41, 5.74) is 1.94. The first-order valence-electron chi connectivity index (χ1n) is 9.65. The van der Waals surface area contributed by atoms with E-state index in [1.165, 1.54) is 0 Å². The molecule has 8 heteroatoms. The van der Waals surface area contributed by atoms with Crippen LogP contribution in [0.4, 0.5) is 5.82 Å². The Balaban J connectivity index is 1.54. The lowest BCUT2D eigenvalue weighted by molar-refractivity contribution is -0.124. The Morgan fingerprint density at radius 2 is 2.03 bits per heavy atom. The van der Waals surface area contributed by atoms with Crippen LogP contribution in [0.15, 0.2) is 47.0 Å². The molecule has 29 heavy (non-hydrogen) atoms. The summed E-state index contributed by atoms with van der Waals surface area (Å²) in [5, 5.41) is 10.9. The van der Waals surface area contributed by atoms with Crippen molar-refractivity contribution >= 4 is 17.7 Å². The largest absolute Gasteiger partial charge is 0.448 e. The zero-order chi connectivity index (χ0) is 20.4. The third-order valence-corrected chi connectivity index (χ3v) is 4.73. The van der Waals surface area contributed by atoms with Gasteiger partial charge in [-0.2, -0.15) is 5.10 Å². The summed E-state index contributed by atoms with van der Waals surface area (Å²) in [6.45, 7) is 3.50. The fourth-order valence-electron chi connectivity index (χ4n) is 3.03. The molecule has 150 valence electrons. The minimum Gasteiger partial charge on any atom is -0.448 e. The highest BCUT2D eigenvalue weighted by Gasteiger charge is 2.31. The molecule has 4 rings (SSSR count). The van der Waals surface area contributed by atoms with Crippen LogP contribution in [0.1, 0.15) is 54.0 Å². The number of hydrogen-bond donors (Lipinski definition) is 1. The Morgan fingerprint density at radius 1 is 1.28 bits per heavy atom. The summed E-state index contributed by atoms with van der Waals surface area (Å²) in [6.07, 6.45) is 1.50. The molecule has 1 saturated carbocycles. The average molecular weight is 394 g/mol. The molecule has 0 saturated heterocycles.